The number of carbonyl (C=O) groups excluding carboxylic acids is 1. The van der Waals surface area contributed by atoms with E-state index in [4.69, 9.17) is 0 Å². The zero-order valence-corrected chi connectivity index (χ0v) is 10.7. The first-order valence-electron chi connectivity index (χ1n) is 6.22. The van der Waals surface area contributed by atoms with Crippen LogP contribution in [0.15, 0.2) is 18.7 Å². The number of carbonyl (C=O) groups is 1. The molecule has 2 N–H and O–H groups in total. The molecule has 1 aliphatic heterocycles. The van der Waals surface area contributed by atoms with E-state index in [0.717, 1.165) is 6.54 Å². The summed E-state index contributed by atoms with van der Waals surface area (Å²) in [7, 11) is 1.74. The third kappa shape index (κ3) is 3.30. The summed E-state index contributed by atoms with van der Waals surface area (Å²) in [6.45, 7) is 2.39. The summed E-state index contributed by atoms with van der Waals surface area (Å²) < 4.78 is 1.87. The van der Waals surface area contributed by atoms with Crippen molar-refractivity contribution < 1.29 is 9.90 Å². The summed E-state index contributed by atoms with van der Waals surface area (Å²) in [5.74, 6) is 0.0454. The maximum atomic E-state index is 11.9. The van der Waals surface area contributed by atoms with Gasteiger partial charge in [0, 0.05) is 39.0 Å². The zero-order chi connectivity index (χ0) is 13.0. The predicted molar refractivity (Wildman–Crippen MR) is 66.9 cm³/mol. The molecule has 6 nitrogen and oxygen atoms in total. The number of likely N-dealkylation sites (N-methyl/N-ethyl adjacent to an activating group) is 1. The summed E-state index contributed by atoms with van der Waals surface area (Å²) in [4.78, 5) is 17.5. The number of β-amino-alcohol motifs (C(OH)–C–C–N with tert-alkyl or cyclic N) is 1. The summed E-state index contributed by atoms with van der Waals surface area (Å²) in [6.07, 6.45) is 6.35. The van der Waals surface area contributed by atoms with Crippen molar-refractivity contribution in [2.45, 2.75) is 25.0 Å². The molecule has 2 rings (SSSR count). The second-order valence-corrected chi connectivity index (χ2v) is 4.95. The van der Waals surface area contributed by atoms with Crippen LogP contribution in [0, 0.1) is 0 Å². The minimum absolute atomic E-state index is 0.0454. The lowest BCUT2D eigenvalue weighted by Gasteiger charge is -2.28. The molecule has 1 aliphatic rings. The molecule has 1 amide bonds. The van der Waals surface area contributed by atoms with Crippen LogP contribution >= 0.6 is 0 Å². The van der Waals surface area contributed by atoms with Crippen LogP contribution in [0.5, 0.6) is 0 Å². The topological polar surface area (TPSA) is 70.4 Å². The third-order valence-electron chi connectivity index (χ3n) is 3.32. The van der Waals surface area contributed by atoms with Crippen LogP contribution in [0.25, 0.3) is 0 Å². The van der Waals surface area contributed by atoms with Crippen molar-refractivity contribution in [3.63, 3.8) is 0 Å². The largest absolute Gasteiger partial charge is 0.387 e. The Morgan fingerprint density at radius 3 is 3.11 bits per heavy atom. The van der Waals surface area contributed by atoms with E-state index >= 15 is 0 Å². The second kappa shape index (κ2) is 5.49. The molecular weight excluding hydrogens is 232 g/mol. The Hall–Kier alpha value is -1.40. The zero-order valence-electron chi connectivity index (χ0n) is 10.7. The van der Waals surface area contributed by atoms with Gasteiger partial charge in [-0.3, -0.25) is 4.79 Å². The van der Waals surface area contributed by atoms with Crippen LogP contribution in [0.3, 0.4) is 0 Å². The number of nitrogens with one attached hydrogen (secondary N) is 1. The minimum atomic E-state index is -0.764. The minimum Gasteiger partial charge on any atom is -0.387 e. The van der Waals surface area contributed by atoms with Gasteiger partial charge in [-0.2, -0.15) is 0 Å². The van der Waals surface area contributed by atoms with Gasteiger partial charge in [-0.25, -0.2) is 4.98 Å². The van der Waals surface area contributed by atoms with Crippen LogP contribution in [0.4, 0.5) is 0 Å². The van der Waals surface area contributed by atoms with Gasteiger partial charge in [-0.05, 0) is 13.0 Å². The quantitative estimate of drug-likeness (QED) is 0.738. The number of aromatic nitrogens is 2. The van der Waals surface area contributed by atoms with Gasteiger partial charge in [0.25, 0.3) is 0 Å². The number of nitrogens with zero attached hydrogens (tertiary/aromatic N) is 3. The molecule has 0 aromatic carbocycles. The van der Waals surface area contributed by atoms with Crippen LogP contribution < -0.4 is 5.32 Å². The van der Waals surface area contributed by atoms with E-state index in [1.807, 2.05) is 10.8 Å². The molecular formula is C12H20N4O2. The maximum Gasteiger partial charge on any atom is 0.224 e. The number of imidazole rings is 1. The van der Waals surface area contributed by atoms with E-state index in [2.05, 4.69) is 10.3 Å². The SMILES string of the molecule is CN(CC1(O)CCNC1)C(=O)CCn1ccnc1. The van der Waals surface area contributed by atoms with Crippen molar-refractivity contribution in [2.75, 3.05) is 26.7 Å². The highest BCUT2D eigenvalue weighted by molar-refractivity contribution is 5.75. The highest BCUT2D eigenvalue weighted by Crippen LogP contribution is 2.15. The molecule has 18 heavy (non-hydrogen) atoms. The van der Waals surface area contributed by atoms with Crippen LogP contribution in [-0.2, 0) is 11.3 Å². The Balaban J connectivity index is 1.77. The van der Waals surface area contributed by atoms with Crippen molar-refractivity contribution in [3.05, 3.63) is 18.7 Å². The fourth-order valence-electron chi connectivity index (χ4n) is 2.23. The van der Waals surface area contributed by atoms with Gasteiger partial charge in [0.15, 0.2) is 0 Å². The van der Waals surface area contributed by atoms with Gasteiger partial charge >= 0.3 is 0 Å². The first kappa shape index (κ1) is 13.0. The molecule has 1 unspecified atom stereocenters. The summed E-state index contributed by atoms with van der Waals surface area (Å²) in [6, 6.07) is 0. The Bertz CT molecular complexity index is 385. The van der Waals surface area contributed by atoms with Crippen molar-refractivity contribution in [1.82, 2.24) is 19.8 Å². The molecule has 0 bridgehead atoms. The Morgan fingerprint density at radius 1 is 1.67 bits per heavy atom. The van der Waals surface area contributed by atoms with Crippen LogP contribution in [0.2, 0.25) is 0 Å². The second-order valence-electron chi connectivity index (χ2n) is 4.95. The predicted octanol–water partition coefficient (Wildman–Crippen LogP) is -0.544. The molecule has 100 valence electrons. The van der Waals surface area contributed by atoms with Gasteiger partial charge in [0.05, 0.1) is 18.5 Å². The molecule has 1 aromatic rings. The monoisotopic (exact) mass is 252 g/mol. The number of aryl methyl sites for hydroxylation is 1. The standard InChI is InChI=1S/C12H20N4O2/c1-15(9-12(18)3-4-13-8-12)11(17)2-6-16-7-5-14-10-16/h5,7,10,13,18H,2-4,6,8-9H2,1H3. The average Bonchev–Trinajstić information content (AvgIpc) is 2.97. The summed E-state index contributed by atoms with van der Waals surface area (Å²) in [5, 5.41) is 13.3. The molecule has 1 atom stereocenters. The molecule has 2 heterocycles. The van der Waals surface area contributed by atoms with E-state index in [1.54, 1.807) is 24.5 Å². The molecule has 0 radical (unpaired) electrons. The van der Waals surface area contributed by atoms with Crippen molar-refractivity contribution in [3.8, 4) is 0 Å². The lowest BCUT2D eigenvalue weighted by atomic mass is 10.0. The van der Waals surface area contributed by atoms with Crippen molar-refractivity contribution in [2.24, 2.45) is 0 Å². The van der Waals surface area contributed by atoms with Crippen molar-refractivity contribution in [1.29, 1.82) is 0 Å². The van der Waals surface area contributed by atoms with Gasteiger partial charge in [-0.1, -0.05) is 0 Å². The summed E-state index contributed by atoms with van der Waals surface area (Å²) >= 11 is 0. The fourth-order valence-corrected chi connectivity index (χ4v) is 2.23. The molecule has 1 aromatic heterocycles. The molecule has 1 saturated heterocycles. The average molecular weight is 252 g/mol. The Labute approximate surface area is 107 Å². The Kier molecular flexibility index (Phi) is 3.98. The number of hydrogen-bond donors (Lipinski definition) is 2. The molecule has 0 saturated carbocycles. The molecule has 0 spiro atoms. The van der Waals surface area contributed by atoms with Gasteiger partial charge < -0.3 is 19.9 Å². The first-order chi connectivity index (χ1) is 8.59. The van der Waals surface area contributed by atoms with E-state index < -0.39 is 5.60 Å². The first-order valence-corrected chi connectivity index (χ1v) is 6.22. The summed E-state index contributed by atoms with van der Waals surface area (Å²) in [5.41, 5.74) is -0.764. The molecule has 0 aliphatic carbocycles. The van der Waals surface area contributed by atoms with Gasteiger partial charge in [0.2, 0.25) is 5.91 Å². The lowest BCUT2D eigenvalue weighted by molar-refractivity contribution is -0.133. The third-order valence-corrected chi connectivity index (χ3v) is 3.32. The smallest absolute Gasteiger partial charge is 0.224 e. The van der Waals surface area contributed by atoms with Gasteiger partial charge in [-0.15, -0.1) is 0 Å². The van der Waals surface area contributed by atoms with Crippen LogP contribution in [0.1, 0.15) is 12.8 Å². The van der Waals surface area contributed by atoms with Gasteiger partial charge in [0.1, 0.15) is 0 Å². The normalized spacial score (nSPS) is 23.2. The highest BCUT2D eigenvalue weighted by atomic mass is 16.3. The Morgan fingerprint density at radius 2 is 2.50 bits per heavy atom. The number of aliphatic hydroxyl groups is 1. The van der Waals surface area contributed by atoms with E-state index in [1.165, 1.54) is 0 Å². The maximum absolute atomic E-state index is 11.9. The molecule has 6 heteroatoms. The van der Waals surface area contributed by atoms with E-state index in [-0.39, 0.29) is 5.91 Å². The highest BCUT2D eigenvalue weighted by Gasteiger charge is 2.33. The van der Waals surface area contributed by atoms with E-state index in [0.29, 0.717) is 32.5 Å². The number of rotatable bonds is 5. The fraction of sp³-hybridized carbons (Fsp3) is 0.667. The van der Waals surface area contributed by atoms with Crippen LogP contribution in [-0.4, -0.2) is 57.7 Å². The number of amides is 1. The lowest BCUT2D eigenvalue weighted by Crippen LogP contribution is -2.45. The molecule has 1 fully saturated rings. The number of hydrogen-bond acceptors (Lipinski definition) is 4. The van der Waals surface area contributed by atoms with Crippen molar-refractivity contribution >= 4 is 5.91 Å². The van der Waals surface area contributed by atoms with E-state index in [9.17, 15) is 9.90 Å².